The van der Waals surface area contributed by atoms with Crippen LogP contribution < -0.4 is 15.5 Å². The van der Waals surface area contributed by atoms with E-state index in [1.54, 1.807) is 16.8 Å². The lowest BCUT2D eigenvalue weighted by Crippen LogP contribution is -2.47. The summed E-state index contributed by atoms with van der Waals surface area (Å²) in [5, 5.41) is 25.9. The summed E-state index contributed by atoms with van der Waals surface area (Å²) in [7, 11) is 0. The molecule has 2 N–H and O–H groups in total. The van der Waals surface area contributed by atoms with Gasteiger partial charge in [-0.05, 0) is 57.0 Å². The Kier molecular flexibility index (Phi) is 8.72. The van der Waals surface area contributed by atoms with Crippen LogP contribution in [0.2, 0.25) is 0 Å². The van der Waals surface area contributed by atoms with E-state index in [4.69, 9.17) is 0 Å². The van der Waals surface area contributed by atoms with Gasteiger partial charge in [0.25, 0.3) is 0 Å². The number of likely N-dealkylation sites (tertiary alicyclic amines) is 1. The highest BCUT2D eigenvalue weighted by Gasteiger charge is 2.27. The Balaban J connectivity index is 1.31. The highest BCUT2D eigenvalue weighted by Crippen LogP contribution is 2.36. The highest BCUT2D eigenvalue weighted by molar-refractivity contribution is 6.02. The van der Waals surface area contributed by atoms with E-state index in [0.717, 1.165) is 56.0 Å². The van der Waals surface area contributed by atoms with Gasteiger partial charge in [-0.15, -0.1) is 0 Å². The molecule has 4 heterocycles. The van der Waals surface area contributed by atoms with Gasteiger partial charge in [-0.1, -0.05) is 31.2 Å². The minimum atomic E-state index is -0.439. The first-order valence-electron chi connectivity index (χ1n) is 15.2. The molecule has 10 nitrogen and oxygen atoms in total. The third-order valence-electron chi connectivity index (χ3n) is 8.68. The first-order chi connectivity index (χ1) is 22.0. The summed E-state index contributed by atoms with van der Waals surface area (Å²) in [4.78, 5) is 26.0. The third kappa shape index (κ3) is 6.21. The van der Waals surface area contributed by atoms with Crippen molar-refractivity contribution in [3.05, 3.63) is 72.8 Å². The highest BCUT2D eigenvalue weighted by atomic mass is 19.1. The molecule has 0 saturated carbocycles. The van der Waals surface area contributed by atoms with E-state index in [0.29, 0.717) is 28.7 Å². The topological polar surface area (TPSA) is 126 Å². The normalized spacial score (nSPS) is 15.8. The Morgan fingerprint density at radius 2 is 1.87 bits per heavy atom. The van der Waals surface area contributed by atoms with Crippen molar-refractivity contribution in [3.8, 4) is 23.4 Å². The van der Waals surface area contributed by atoms with Crippen LogP contribution in [0.1, 0.15) is 37.7 Å². The first kappa shape index (κ1) is 29.8. The molecule has 0 unspecified atom stereocenters. The number of anilines is 4. The second-order valence-corrected chi connectivity index (χ2v) is 11.4. The van der Waals surface area contributed by atoms with Crippen LogP contribution in [0.3, 0.4) is 0 Å². The molecule has 2 aromatic carbocycles. The number of fused-ring (bicyclic) bond motifs is 1. The Hall–Kier alpha value is -5.26. The minimum Gasteiger partial charge on any atom is -0.369 e. The second-order valence-electron chi connectivity index (χ2n) is 11.4. The number of halogens is 1. The lowest BCUT2D eigenvalue weighted by Gasteiger charge is -2.41. The number of nitriles is 2. The summed E-state index contributed by atoms with van der Waals surface area (Å²) in [5.41, 5.74) is 3.15. The maximum absolute atomic E-state index is 15.8. The van der Waals surface area contributed by atoms with Gasteiger partial charge >= 0.3 is 0 Å². The third-order valence-corrected chi connectivity index (χ3v) is 8.68. The van der Waals surface area contributed by atoms with Crippen LogP contribution in [0, 0.1) is 28.5 Å². The van der Waals surface area contributed by atoms with Crippen molar-refractivity contribution in [2.24, 2.45) is 0 Å². The summed E-state index contributed by atoms with van der Waals surface area (Å²) in [6.45, 7) is 7.41. The smallest absolute Gasteiger partial charge is 0.247 e. The predicted octanol–water partition coefficient (Wildman–Crippen LogP) is 5.96. The fourth-order valence-electron chi connectivity index (χ4n) is 6.44. The Morgan fingerprint density at radius 3 is 2.60 bits per heavy atom. The van der Waals surface area contributed by atoms with E-state index in [1.165, 1.54) is 31.5 Å². The number of carbonyl (C=O) groups excluding carboxylic acids is 1. The monoisotopic (exact) mass is 603 g/mol. The molecule has 228 valence electrons. The molecule has 1 amide bonds. The predicted molar refractivity (Wildman–Crippen MR) is 172 cm³/mol. The van der Waals surface area contributed by atoms with Crippen LogP contribution >= 0.6 is 0 Å². The van der Waals surface area contributed by atoms with Gasteiger partial charge in [0.05, 0.1) is 40.6 Å². The van der Waals surface area contributed by atoms with Crippen molar-refractivity contribution in [2.75, 3.05) is 41.7 Å². The molecule has 2 saturated heterocycles. The Labute approximate surface area is 261 Å². The summed E-state index contributed by atoms with van der Waals surface area (Å²) in [6, 6.07) is 15.4. The lowest BCUT2D eigenvalue weighted by molar-refractivity contribution is -0.111. The molecular weight excluding hydrogens is 569 g/mol. The number of amides is 1. The van der Waals surface area contributed by atoms with Gasteiger partial charge in [0.2, 0.25) is 11.9 Å². The molecular formula is C34H34FN9O. The summed E-state index contributed by atoms with van der Waals surface area (Å²) in [6.07, 6.45) is 10.0. The maximum atomic E-state index is 15.8. The molecule has 0 spiro atoms. The van der Waals surface area contributed by atoms with E-state index >= 15 is 4.39 Å². The average molecular weight is 604 g/mol. The number of piperidine rings is 2. The van der Waals surface area contributed by atoms with Crippen LogP contribution in [0.15, 0.2) is 61.4 Å². The summed E-state index contributed by atoms with van der Waals surface area (Å²) in [5.74, 6) is -0.755. The standard InChI is InChI=1S/C34H34FN9O/c1-2-32(45)39-29-19-31(43-15-10-24(11-16-43)42-13-6-3-7-14-42)27(35)18-28(29)40-34-38-21-23(20-37)33(41-34)26-22-44(17-12-36)30-9-5-4-8-25(26)30/h2,4-5,8-9,18-19,21-22,24H,1,3,6-7,10-11,13-17H2,(H,39,45)(H,38,40,41). The van der Waals surface area contributed by atoms with Crippen LogP contribution in [0.25, 0.3) is 22.2 Å². The molecule has 11 heteroatoms. The van der Waals surface area contributed by atoms with Gasteiger partial charge in [0, 0.05) is 47.9 Å². The van der Waals surface area contributed by atoms with Gasteiger partial charge in [-0.25, -0.2) is 14.4 Å². The zero-order valence-electron chi connectivity index (χ0n) is 25.0. The fourth-order valence-corrected chi connectivity index (χ4v) is 6.44. The summed E-state index contributed by atoms with van der Waals surface area (Å²) < 4.78 is 17.6. The van der Waals surface area contributed by atoms with Crippen LogP contribution in [0.4, 0.5) is 27.4 Å². The van der Waals surface area contributed by atoms with Gasteiger partial charge in [0.15, 0.2) is 0 Å². The Bertz CT molecular complexity index is 1820. The van der Waals surface area contributed by atoms with Crippen LogP contribution in [0.5, 0.6) is 0 Å². The van der Waals surface area contributed by atoms with E-state index in [1.807, 2.05) is 29.2 Å². The van der Waals surface area contributed by atoms with Crippen molar-refractivity contribution < 1.29 is 9.18 Å². The zero-order valence-corrected chi connectivity index (χ0v) is 25.0. The molecule has 0 atom stereocenters. The molecule has 2 aromatic heterocycles. The molecule has 2 aliphatic heterocycles. The fraction of sp³-hybridized carbons (Fsp3) is 0.324. The number of nitrogens with one attached hydrogen (secondary N) is 2. The van der Waals surface area contributed by atoms with E-state index in [2.05, 4.69) is 44.2 Å². The van der Waals surface area contributed by atoms with Gasteiger partial charge in [-0.2, -0.15) is 10.5 Å². The molecule has 0 bridgehead atoms. The zero-order chi connectivity index (χ0) is 31.3. The molecule has 2 fully saturated rings. The first-order valence-corrected chi connectivity index (χ1v) is 15.2. The number of benzene rings is 2. The van der Waals surface area contributed by atoms with Crippen LogP contribution in [-0.2, 0) is 11.3 Å². The SMILES string of the molecule is C=CC(=O)Nc1cc(N2CCC(N3CCCCC3)CC2)c(F)cc1Nc1ncc(C#N)c(-c2cn(CC#N)c3ccccc23)n1. The maximum Gasteiger partial charge on any atom is 0.247 e. The van der Waals surface area contributed by atoms with Crippen molar-refractivity contribution in [1.82, 2.24) is 19.4 Å². The molecule has 4 aromatic rings. The quantitative estimate of drug-likeness (QED) is 0.237. The molecule has 45 heavy (non-hydrogen) atoms. The largest absolute Gasteiger partial charge is 0.369 e. The molecule has 6 rings (SSSR count). The van der Waals surface area contributed by atoms with Crippen LogP contribution in [-0.4, -0.2) is 57.6 Å². The number of para-hydroxylation sites is 1. The number of aromatic nitrogens is 3. The van der Waals surface area contributed by atoms with Gasteiger partial charge in [-0.3, -0.25) is 4.79 Å². The average Bonchev–Trinajstić information content (AvgIpc) is 3.44. The number of hydrogen-bond acceptors (Lipinski definition) is 8. The van der Waals surface area contributed by atoms with Gasteiger partial charge < -0.3 is 25.0 Å². The molecule has 2 aliphatic rings. The van der Waals surface area contributed by atoms with Gasteiger partial charge in [0.1, 0.15) is 18.4 Å². The number of carbonyl (C=O) groups is 1. The number of hydrogen-bond donors (Lipinski definition) is 2. The number of nitrogens with zero attached hydrogens (tertiary/aromatic N) is 7. The number of rotatable bonds is 8. The van der Waals surface area contributed by atoms with Crippen molar-refractivity contribution in [1.29, 1.82) is 10.5 Å². The minimum absolute atomic E-state index is 0.115. The summed E-state index contributed by atoms with van der Waals surface area (Å²) >= 11 is 0. The van der Waals surface area contributed by atoms with E-state index in [-0.39, 0.29) is 23.7 Å². The molecule has 0 radical (unpaired) electrons. The van der Waals surface area contributed by atoms with Crippen molar-refractivity contribution in [2.45, 2.75) is 44.7 Å². The lowest BCUT2D eigenvalue weighted by atomic mass is 9.99. The van der Waals surface area contributed by atoms with Crippen molar-refractivity contribution >= 4 is 39.8 Å². The Morgan fingerprint density at radius 1 is 1.09 bits per heavy atom. The second kappa shape index (κ2) is 13.2. The van der Waals surface area contributed by atoms with Crippen molar-refractivity contribution in [3.63, 3.8) is 0 Å². The van der Waals surface area contributed by atoms with E-state index < -0.39 is 11.7 Å². The van der Waals surface area contributed by atoms with E-state index in [9.17, 15) is 15.3 Å². The molecule has 0 aliphatic carbocycles.